The molecule has 0 radical (unpaired) electrons. The monoisotopic (exact) mass is 371 g/mol. The molecule has 3 rings (SSSR count). The standard InChI is InChI=1S/C15H15ClFN3OS2/c1-3-20(14(21)10-5-11(10)22-2)15-12(16)19-13(23-15)8-4-9(17)7-18-6-8/h4,6-7,10-11H,3,5H2,1-2H3/t10?,11-/m0/s1. The molecule has 1 aliphatic rings. The highest BCUT2D eigenvalue weighted by Gasteiger charge is 2.45. The minimum absolute atomic E-state index is 0.0578. The first-order chi connectivity index (χ1) is 11.0. The zero-order chi connectivity index (χ0) is 16.6. The Morgan fingerprint density at radius 2 is 2.35 bits per heavy atom. The van der Waals surface area contributed by atoms with Gasteiger partial charge in [0.25, 0.3) is 0 Å². The molecule has 8 heteroatoms. The lowest BCUT2D eigenvalue weighted by atomic mass is 10.3. The van der Waals surface area contributed by atoms with Gasteiger partial charge in [-0.2, -0.15) is 11.8 Å². The molecule has 1 aliphatic carbocycles. The van der Waals surface area contributed by atoms with Crippen LogP contribution in [0.4, 0.5) is 9.39 Å². The summed E-state index contributed by atoms with van der Waals surface area (Å²) in [6.45, 7) is 2.44. The van der Waals surface area contributed by atoms with Gasteiger partial charge in [0.2, 0.25) is 5.91 Å². The molecule has 0 aliphatic heterocycles. The molecule has 4 nitrogen and oxygen atoms in total. The second kappa shape index (κ2) is 6.75. The number of anilines is 1. The van der Waals surface area contributed by atoms with Crippen molar-refractivity contribution in [3.8, 4) is 10.6 Å². The fourth-order valence-corrected chi connectivity index (χ4v) is 4.61. The van der Waals surface area contributed by atoms with Crippen LogP contribution in [0.1, 0.15) is 13.3 Å². The van der Waals surface area contributed by atoms with Crippen molar-refractivity contribution in [2.24, 2.45) is 5.92 Å². The first-order valence-electron chi connectivity index (χ1n) is 7.16. The quantitative estimate of drug-likeness (QED) is 0.793. The SMILES string of the molecule is CCN(C(=O)C1C[C@@H]1SC)c1sc(-c2cncc(F)c2)nc1Cl. The molecule has 0 N–H and O–H groups in total. The average molecular weight is 372 g/mol. The molecule has 1 amide bonds. The first-order valence-corrected chi connectivity index (χ1v) is 9.64. The zero-order valence-corrected chi connectivity index (χ0v) is 15.0. The van der Waals surface area contributed by atoms with Crippen molar-refractivity contribution in [1.29, 1.82) is 0 Å². The highest BCUT2D eigenvalue weighted by Crippen LogP contribution is 2.44. The van der Waals surface area contributed by atoms with E-state index in [1.165, 1.54) is 23.6 Å². The molecule has 0 bridgehead atoms. The van der Waals surface area contributed by atoms with Gasteiger partial charge >= 0.3 is 0 Å². The van der Waals surface area contributed by atoms with Crippen molar-refractivity contribution in [2.75, 3.05) is 17.7 Å². The van der Waals surface area contributed by atoms with Gasteiger partial charge in [0.05, 0.1) is 12.1 Å². The Morgan fingerprint density at radius 3 is 2.96 bits per heavy atom. The van der Waals surface area contributed by atoms with Crippen molar-refractivity contribution in [3.05, 3.63) is 29.4 Å². The molecule has 2 atom stereocenters. The van der Waals surface area contributed by atoms with Crippen LogP contribution in [0.2, 0.25) is 5.15 Å². The summed E-state index contributed by atoms with van der Waals surface area (Å²) in [5.41, 5.74) is 0.556. The van der Waals surface area contributed by atoms with E-state index >= 15 is 0 Å². The number of thioether (sulfide) groups is 1. The summed E-state index contributed by atoms with van der Waals surface area (Å²) >= 11 is 9.23. The molecule has 2 aromatic heterocycles. The summed E-state index contributed by atoms with van der Waals surface area (Å²) < 4.78 is 13.3. The summed E-state index contributed by atoms with van der Waals surface area (Å²) in [6, 6.07) is 1.36. The molecule has 1 fully saturated rings. The van der Waals surface area contributed by atoms with Gasteiger partial charge in [-0.1, -0.05) is 22.9 Å². The van der Waals surface area contributed by atoms with Gasteiger partial charge in [0.15, 0.2) is 5.15 Å². The fraction of sp³-hybridized carbons (Fsp3) is 0.400. The van der Waals surface area contributed by atoms with Crippen LogP contribution in [0.15, 0.2) is 18.5 Å². The third-order valence-corrected chi connectivity index (χ3v) is 6.33. The van der Waals surface area contributed by atoms with Crippen molar-refractivity contribution in [1.82, 2.24) is 9.97 Å². The number of amides is 1. The van der Waals surface area contributed by atoms with Gasteiger partial charge in [0.1, 0.15) is 15.8 Å². The number of hydrogen-bond donors (Lipinski definition) is 0. The van der Waals surface area contributed by atoms with Crippen LogP contribution < -0.4 is 4.90 Å². The van der Waals surface area contributed by atoms with E-state index in [9.17, 15) is 9.18 Å². The van der Waals surface area contributed by atoms with Crippen LogP contribution >= 0.6 is 34.7 Å². The second-order valence-electron chi connectivity index (χ2n) is 5.21. The molecule has 23 heavy (non-hydrogen) atoms. The van der Waals surface area contributed by atoms with Crippen molar-refractivity contribution < 1.29 is 9.18 Å². The lowest BCUT2D eigenvalue weighted by molar-refractivity contribution is -0.119. The van der Waals surface area contributed by atoms with Gasteiger partial charge in [-0.3, -0.25) is 9.78 Å². The maximum atomic E-state index is 13.3. The molecule has 1 saturated carbocycles. The van der Waals surface area contributed by atoms with Gasteiger partial charge in [-0.05, 0) is 25.7 Å². The summed E-state index contributed by atoms with van der Waals surface area (Å²) in [4.78, 5) is 22.4. The minimum Gasteiger partial charge on any atom is -0.301 e. The number of thiazole rings is 1. The fourth-order valence-electron chi connectivity index (χ4n) is 2.40. The topological polar surface area (TPSA) is 46.1 Å². The van der Waals surface area contributed by atoms with Gasteiger partial charge in [-0.15, -0.1) is 0 Å². The molecule has 0 aromatic carbocycles. The second-order valence-corrected chi connectivity index (χ2v) is 7.62. The van der Waals surface area contributed by atoms with E-state index in [-0.39, 0.29) is 17.0 Å². The Morgan fingerprint density at radius 1 is 1.57 bits per heavy atom. The number of halogens is 2. The van der Waals surface area contributed by atoms with Gasteiger partial charge < -0.3 is 4.90 Å². The molecular weight excluding hydrogens is 357 g/mol. The first kappa shape index (κ1) is 16.7. The van der Waals surface area contributed by atoms with E-state index in [1.54, 1.807) is 16.7 Å². The van der Waals surface area contributed by atoms with Crippen molar-refractivity contribution in [3.63, 3.8) is 0 Å². The van der Waals surface area contributed by atoms with Crippen LogP contribution in [0.5, 0.6) is 0 Å². The molecule has 122 valence electrons. The number of nitrogens with zero attached hydrogens (tertiary/aromatic N) is 3. The smallest absolute Gasteiger partial charge is 0.231 e. The molecule has 2 heterocycles. The zero-order valence-electron chi connectivity index (χ0n) is 12.6. The predicted molar refractivity (Wildman–Crippen MR) is 93.8 cm³/mol. The third-order valence-electron chi connectivity index (χ3n) is 3.70. The van der Waals surface area contributed by atoms with Gasteiger partial charge in [0, 0.05) is 23.6 Å². The Kier molecular flexibility index (Phi) is 4.89. The Labute approximate surface area is 147 Å². The molecule has 0 saturated heterocycles. The normalized spacial score (nSPS) is 19.7. The molecule has 1 unspecified atom stereocenters. The molecule has 0 spiro atoms. The van der Waals surface area contributed by atoms with E-state index < -0.39 is 5.82 Å². The third kappa shape index (κ3) is 3.36. The number of carbonyl (C=O) groups is 1. The Hall–Kier alpha value is -1.18. The minimum atomic E-state index is -0.431. The van der Waals surface area contributed by atoms with Crippen LogP contribution in [0.3, 0.4) is 0 Å². The Bertz CT molecular complexity index is 739. The van der Waals surface area contributed by atoms with Crippen LogP contribution in [0.25, 0.3) is 10.6 Å². The number of hydrogen-bond acceptors (Lipinski definition) is 5. The largest absolute Gasteiger partial charge is 0.301 e. The highest BCUT2D eigenvalue weighted by molar-refractivity contribution is 7.99. The van der Waals surface area contributed by atoms with Crippen molar-refractivity contribution >= 4 is 45.6 Å². The molecule has 2 aromatic rings. The summed E-state index contributed by atoms with van der Waals surface area (Å²) in [5.74, 6) is -0.289. The van der Waals surface area contributed by atoms with E-state index in [1.807, 2.05) is 13.2 Å². The lowest BCUT2D eigenvalue weighted by Gasteiger charge is -2.19. The number of aromatic nitrogens is 2. The maximum Gasteiger partial charge on any atom is 0.231 e. The summed E-state index contributed by atoms with van der Waals surface area (Å²) in [6.07, 6.45) is 5.60. The average Bonchev–Trinajstić information content (AvgIpc) is 3.24. The van der Waals surface area contributed by atoms with Crippen molar-refractivity contribution in [2.45, 2.75) is 18.6 Å². The van der Waals surface area contributed by atoms with Crippen LogP contribution in [-0.2, 0) is 4.79 Å². The number of carbonyl (C=O) groups excluding carboxylic acids is 1. The van der Waals surface area contributed by atoms with Gasteiger partial charge in [-0.25, -0.2) is 9.37 Å². The highest BCUT2D eigenvalue weighted by atomic mass is 35.5. The van der Waals surface area contributed by atoms with E-state index in [2.05, 4.69) is 9.97 Å². The summed E-state index contributed by atoms with van der Waals surface area (Å²) in [5, 5.41) is 1.84. The molecular formula is C15H15ClFN3OS2. The Balaban J connectivity index is 1.89. The summed E-state index contributed by atoms with van der Waals surface area (Å²) in [7, 11) is 0. The maximum absolute atomic E-state index is 13.3. The number of rotatable bonds is 5. The number of pyridine rings is 1. The van der Waals surface area contributed by atoms with Crippen LogP contribution in [-0.4, -0.2) is 33.9 Å². The van der Waals surface area contributed by atoms with E-state index in [0.29, 0.717) is 27.4 Å². The van der Waals surface area contributed by atoms with Crippen LogP contribution in [0, 0.1) is 11.7 Å². The van der Waals surface area contributed by atoms with E-state index in [0.717, 1.165) is 12.6 Å². The van der Waals surface area contributed by atoms with E-state index in [4.69, 9.17) is 11.6 Å². The lowest BCUT2D eigenvalue weighted by Crippen LogP contribution is -2.32. The predicted octanol–water partition coefficient (Wildman–Crippen LogP) is 4.10.